The third kappa shape index (κ3) is 4.53. The van der Waals surface area contributed by atoms with Gasteiger partial charge in [0.05, 0.1) is 30.5 Å². The van der Waals surface area contributed by atoms with E-state index < -0.39 is 0 Å². The number of fused-ring (bicyclic) bond motifs is 1. The Morgan fingerprint density at radius 1 is 1.28 bits per heavy atom. The van der Waals surface area contributed by atoms with E-state index in [1.165, 1.54) is 0 Å². The van der Waals surface area contributed by atoms with Gasteiger partial charge in [0, 0.05) is 35.2 Å². The Hall–Kier alpha value is -2.46. The summed E-state index contributed by atoms with van der Waals surface area (Å²) in [7, 11) is 0. The maximum Gasteiger partial charge on any atom is 0.223 e. The van der Waals surface area contributed by atoms with Crippen LogP contribution in [0.4, 0.5) is 5.82 Å². The van der Waals surface area contributed by atoms with E-state index in [4.69, 9.17) is 39.0 Å². The fourth-order valence-electron chi connectivity index (χ4n) is 5.75. The molecule has 192 valence electrons. The molecular weight excluding hydrogens is 501 g/mol. The van der Waals surface area contributed by atoms with Crippen molar-refractivity contribution in [3.63, 3.8) is 0 Å². The fraction of sp³-hybridized carbons (Fsp3) is 0.520. The summed E-state index contributed by atoms with van der Waals surface area (Å²) in [6.45, 7) is 6.08. The molecule has 2 aliphatic rings. The molecule has 0 bridgehead atoms. The quantitative estimate of drug-likeness (QED) is 0.501. The van der Waals surface area contributed by atoms with E-state index >= 15 is 0 Å². The first-order valence-corrected chi connectivity index (χ1v) is 13.1. The van der Waals surface area contributed by atoms with Gasteiger partial charge in [-0.05, 0) is 57.4 Å². The number of aliphatic hydroxyl groups excluding tert-OH is 1. The second kappa shape index (κ2) is 10.1. The Labute approximate surface area is 220 Å². The van der Waals surface area contributed by atoms with E-state index in [2.05, 4.69) is 14.8 Å². The normalized spacial score (nSPS) is 23.9. The van der Waals surface area contributed by atoms with Gasteiger partial charge >= 0.3 is 0 Å². The van der Waals surface area contributed by atoms with E-state index in [1.54, 1.807) is 12.3 Å². The van der Waals surface area contributed by atoms with Crippen LogP contribution in [0, 0.1) is 12.8 Å². The number of carbonyl (C=O) groups is 1. The van der Waals surface area contributed by atoms with Crippen LogP contribution >= 0.6 is 23.2 Å². The third-order valence-corrected chi connectivity index (χ3v) is 8.23. The van der Waals surface area contributed by atoms with Gasteiger partial charge in [-0.3, -0.25) is 9.69 Å². The largest absolute Gasteiger partial charge is 0.395 e. The Morgan fingerprint density at radius 2 is 2.08 bits per heavy atom. The molecule has 0 aliphatic carbocycles. The zero-order valence-corrected chi connectivity index (χ0v) is 22.0. The highest BCUT2D eigenvalue weighted by Gasteiger charge is 2.41. The van der Waals surface area contributed by atoms with Crippen LogP contribution in [0.1, 0.15) is 43.5 Å². The average Bonchev–Trinajstić information content (AvgIpc) is 3.47. The summed E-state index contributed by atoms with van der Waals surface area (Å²) in [5, 5.41) is 15.7. The van der Waals surface area contributed by atoms with Gasteiger partial charge in [-0.15, -0.1) is 0 Å². The average molecular weight is 532 g/mol. The first kappa shape index (κ1) is 25.2. The lowest BCUT2D eigenvalue weighted by Gasteiger charge is -2.43. The van der Waals surface area contributed by atoms with E-state index in [0.29, 0.717) is 28.1 Å². The van der Waals surface area contributed by atoms with Gasteiger partial charge in [-0.2, -0.15) is 5.10 Å². The summed E-state index contributed by atoms with van der Waals surface area (Å²) in [4.78, 5) is 26.5. The van der Waals surface area contributed by atoms with E-state index in [0.717, 1.165) is 49.1 Å². The highest BCUT2D eigenvalue weighted by Crippen LogP contribution is 2.33. The number of anilines is 1. The molecule has 2 aliphatic heterocycles. The molecule has 2 fully saturated rings. The molecule has 2 saturated heterocycles. The summed E-state index contributed by atoms with van der Waals surface area (Å²) < 4.78 is 1.84. The molecule has 11 heteroatoms. The number of aliphatic hydroxyl groups is 1. The molecular formula is C25H31Cl2N7O2. The molecule has 0 radical (unpaired) electrons. The molecule has 1 amide bonds. The number of likely N-dealkylation sites (tertiary alicyclic amines) is 1. The number of nitrogens with two attached hydrogens (primary N) is 1. The van der Waals surface area contributed by atoms with Crippen LogP contribution < -0.4 is 10.6 Å². The molecule has 0 spiro atoms. The Balaban J connectivity index is 1.45. The molecule has 0 saturated carbocycles. The minimum atomic E-state index is -0.359. The molecule has 2 aromatic heterocycles. The summed E-state index contributed by atoms with van der Waals surface area (Å²) in [6.07, 6.45) is 4.48. The van der Waals surface area contributed by atoms with E-state index in [9.17, 15) is 9.90 Å². The number of carbonyl (C=O) groups excluding carboxylic acids is 1. The first-order valence-electron chi connectivity index (χ1n) is 12.4. The highest BCUT2D eigenvalue weighted by molar-refractivity contribution is 6.35. The van der Waals surface area contributed by atoms with Crippen LogP contribution in [0.3, 0.4) is 0 Å². The Morgan fingerprint density at radius 3 is 2.81 bits per heavy atom. The second-order valence-electron chi connectivity index (χ2n) is 9.80. The number of amides is 1. The first-order chi connectivity index (χ1) is 17.3. The summed E-state index contributed by atoms with van der Waals surface area (Å²) in [5.41, 5.74) is 8.91. The Kier molecular flexibility index (Phi) is 7.09. The molecule has 3 aromatic rings. The van der Waals surface area contributed by atoms with Crippen LogP contribution in [0.25, 0.3) is 11.2 Å². The molecule has 1 aromatic carbocycles. The minimum Gasteiger partial charge on any atom is -0.395 e. The smallest absolute Gasteiger partial charge is 0.223 e. The van der Waals surface area contributed by atoms with Crippen molar-refractivity contribution in [1.82, 2.24) is 24.6 Å². The summed E-state index contributed by atoms with van der Waals surface area (Å²) in [5.74, 6) is -0.000981. The number of aryl methyl sites for hydroxylation is 1. The minimum absolute atomic E-state index is 0.0231. The second-order valence-corrected chi connectivity index (χ2v) is 10.6. The molecule has 5 rings (SSSR count). The number of nitrogens with zero attached hydrogens (tertiary/aromatic N) is 6. The van der Waals surface area contributed by atoms with Gasteiger partial charge in [0.25, 0.3) is 0 Å². The van der Waals surface area contributed by atoms with Gasteiger partial charge < -0.3 is 15.7 Å². The number of halogens is 2. The van der Waals surface area contributed by atoms with Crippen molar-refractivity contribution in [2.24, 2.45) is 11.7 Å². The standard InChI is InChI=1S/C25H31Cl2N7O2/c1-14-23-25(34(31-14)15(2)18-6-5-16(26)10-20(18)27)30-22(11-29-23)32-9-7-21(19(12-32)24(28)36)33-8-3-4-17(33)13-35/h5-6,10-11,15,17,19,21,35H,3-4,7-9,12-13H2,1-2H3,(H2,28,36)/t15?,17-,19?,21-/m0/s1. The zero-order valence-electron chi connectivity index (χ0n) is 20.4. The number of aromatic nitrogens is 4. The maximum absolute atomic E-state index is 12.5. The van der Waals surface area contributed by atoms with Crippen molar-refractivity contribution in [3.05, 3.63) is 45.7 Å². The van der Waals surface area contributed by atoms with Crippen molar-refractivity contribution in [2.75, 3.05) is 31.1 Å². The maximum atomic E-state index is 12.5. The van der Waals surface area contributed by atoms with Gasteiger partial charge in [0.15, 0.2) is 5.65 Å². The van der Waals surface area contributed by atoms with Crippen LogP contribution in [0.5, 0.6) is 0 Å². The van der Waals surface area contributed by atoms with Gasteiger partial charge in [0.2, 0.25) is 5.91 Å². The molecule has 4 heterocycles. The number of piperidine rings is 1. The van der Waals surface area contributed by atoms with Crippen molar-refractivity contribution in [2.45, 2.75) is 51.2 Å². The number of hydrogen-bond acceptors (Lipinski definition) is 7. The van der Waals surface area contributed by atoms with Crippen LogP contribution in [-0.2, 0) is 4.79 Å². The van der Waals surface area contributed by atoms with Crippen LogP contribution in [0.15, 0.2) is 24.4 Å². The van der Waals surface area contributed by atoms with Crippen molar-refractivity contribution < 1.29 is 9.90 Å². The zero-order chi connectivity index (χ0) is 25.6. The molecule has 9 nitrogen and oxygen atoms in total. The summed E-state index contributed by atoms with van der Waals surface area (Å²) >= 11 is 12.6. The number of benzene rings is 1. The van der Waals surface area contributed by atoms with E-state index in [-0.39, 0.29) is 36.6 Å². The molecule has 3 N–H and O–H groups in total. The highest BCUT2D eigenvalue weighted by atomic mass is 35.5. The van der Waals surface area contributed by atoms with Crippen molar-refractivity contribution in [3.8, 4) is 0 Å². The lowest BCUT2D eigenvalue weighted by Crippen LogP contribution is -2.57. The van der Waals surface area contributed by atoms with Crippen LogP contribution in [-0.4, -0.2) is 74.0 Å². The van der Waals surface area contributed by atoms with Gasteiger partial charge in [-0.1, -0.05) is 29.3 Å². The molecule has 4 atom stereocenters. The van der Waals surface area contributed by atoms with Gasteiger partial charge in [-0.25, -0.2) is 14.6 Å². The SMILES string of the molecule is Cc1nn(C(C)c2ccc(Cl)cc2Cl)c2nc(N3CC[C@H](N4CCC[C@H]4CO)C(C(N)=O)C3)cnc12. The van der Waals surface area contributed by atoms with E-state index in [1.807, 2.05) is 30.7 Å². The molecule has 36 heavy (non-hydrogen) atoms. The lowest BCUT2D eigenvalue weighted by molar-refractivity contribution is -0.124. The molecule has 2 unspecified atom stereocenters. The summed E-state index contributed by atoms with van der Waals surface area (Å²) in [6, 6.07) is 5.36. The van der Waals surface area contributed by atoms with Crippen LogP contribution in [0.2, 0.25) is 10.0 Å². The predicted octanol–water partition coefficient (Wildman–Crippen LogP) is 3.19. The number of primary amides is 1. The number of hydrogen-bond donors (Lipinski definition) is 2. The number of rotatable bonds is 6. The third-order valence-electron chi connectivity index (χ3n) is 7.66. The monoisotopic (exact) mass is 531 g/mol. The van der Waals surface area contributed by atoms with Crippen molar-refractivity contribution in [1.29, 1.82) is 0 Å². The fourth-order valence-corrected chi connectivity index (χ4v) is 6.32. The predicted molar refractivity (Wildman–Crippen MR) is 140 cm³/mol. The topological polar surface area (TPSA) is 113 Å². The van der Waals surface area contributed by atoms with Gasteiger partial charge in [0.1, 0.15) is 11.3 Å². The Bertz CT molecular complexity index is 1280. The van der Waals surface area contributed by atoms with Crippen molar-refractivity contribution >= 4 is 46.1 Å². The lowest BCUT2D eigenvalue weighted by atomic mass is 9.89.